The van der Waals surface area contributed by atoms with Gasteiger partial charge < -0.3 is 14.0 Å². The molecule has 0 atom stereocenters. The summed E-state index contributed by atoms with van der Waals surface area (Å²) in [5, 5.41) is 8.65. The van der Waals surface area contributed by atoms with Crippen molar-refractivity contribution in [3.63, 3.8) is 0 Å². The summed E-state index contributed by atoms with van der Waals surface area (Å²) in [6.07, 6.45) is 0. The highest BCUT2D eigenvalue weighted by atomic mass is 16.5. The van der Waals surface area contributed by atoms with Crippen molar-refractivity contribution in [2.75, 3.05) is 20.3 Å². The van der Waals surface area contributed by atoms with Crippen LogP contribution in [0.2, 0.25) is 0 Å². The van der Waals surface area contributed by atoms with Crippen LogP contribution in [-0.2, 0) is 25.4 Å². The Kier molecular flexibility index (Phi) is 4.71. The van der Waals surface area contributed by atoms with Crippen molar-refractivity contribution >= 4 is 16.9 Å². The van der Waals surface area contributed by atoms with Gasteiger partial charge in [-0.1, -0.05) is 0 Å². The lowest BCUT2D eigenvalue weighted by Crippen LogP contribution is -2.38. The van der Waals surface area contributed by atoms with Gasteiger partial charge in [0.1, 0.15) is 5.75 Å². The molecule has 0 aliphatic rings. The van der Waals surface area contributed by atoms with Crippen LogP contribution in [0.15, 0.2) is 33.9 Å². The summed E-state index contributed by atoms with van der Waals surface area (Å²) in [5.41, 5.74) is 0.816. The third-order valence-corrected chi connectivity index (χ3v) is 4.99. The molecule has 10 heteroatoms. The lowest BCUT2D eigenvalue weighted by molar-refractivity contribution is 0.140. The van der Waals surface area contributed by atoms with Gasteiger partial charge in [-0.05, 0) is 31.2 Å². The minimum atomic E-state index is -0.416. The number of imidazole rings is 1. The molecule has 3 aromatic heterocycles. The van der Waals surface area contributed by atoms with Gasteiger partial charge in [0.15, 0.2) is 17.0 Å². The molecule has 3 heterocycles. The minimum absolute atomic E-state index is 0.383. The highest BCUT2D eigenvalue weighted by Crippen LogP contribution is 2.25. The number of nitrogens with zero attached hydrogens (tertiary/aromatic N) is 6. The first-order valence-electron chi connectivity index (χ1n) is 9.25. The number of aromatic nitrogens is 6. The number of methoxy groups -OCH3 is 1. The van der Waals surface area contributed by atoms with Crippen LogP contribution in [0.1, 0.15) is 6.92 Å². The molecule has 0 N–H and O–H groups in total. The number of benzene rings is 1. The first-order valence-corrected chi connectivity index (χ1v) is 9.25. The van der Waals surface area contributed by atoms with Gasteiger partial charge in [0.25, 0.3) is 5.56 Å². The second-order valence-corrected chi connectivity index (χ2v) is 6.61. The smallest absolute Gasteiger partial charge is 0.332 e. The zero-order valence-corrected chi connectivity index (χ0v) is 16.7. The van der Waals surface area contributed by atoms with Gasteiger partial charge in [-0.2, -0.15) is 0 Å². The second-order valence-electron chi connectivity index (χ2n) is 6.61. The fourth-order valence-corrected chi connectivity index (χ4v) is 3.49. The monoisotopic (exact) mass is 398 g/mol. The van der Waals surface area contributed by atoms with E-state index in [0.29, 0.717) is 42.5 Å². The van der Waals surface area contributed by atoms with Crippen molar-refractivity contribution in [3.05, 3.63) is 45.1 Å². The number of fused-ring (bicyclic) bond motifs is 3. The van der Waals surface area contributed by atoms with Gasteiger partial charge in [-0.3, -0.25) is 13.9 Å². The highest BCUT2D eigenvalue weighted by molar-refractivity contribution is 5.79. The SMILES string of the molecule is CCOCCn1c2c(=O)n(C)c(=O)n(C)c2n2c(-c3ccc(OC)cc3)nnc12. The van der Waals surface area contributed by atoms with Crippen LogP contribution >= 0.6 is 0 Å². The predicted molar refractivity (Wildman–Crippen MR) is 107 cm³/mol. The lowest BCUT2D eigenvalue weighted by atomic mass is 10.2. The maximum Gasteiger partial charge on any atom is 0.332 e. The van der Waals surface area contributed by atoms with E-state index in [4.69, 9.17) is 9.47 Å². The summed E-state index contributed by atoms with van der Waals surface area (Å²) in [4.78, 5) is 25.6. The molecule has 152 valence electrons. The Labute approximate surface area is 165 Å². The van der Waals surface area contributed by atoms with E-state index >= 15 is 0 Å². The molecule has 0 aliphatic carbocycles. The molecule has 0 unspecified atom stereocenters. The lowest BCUT2D eigenvalue weighted by Gasteiger charge is -2.07. The van der Waals surface area contributed by atoms with Crippen LogP contribution in [-0.4, -0.2) is 48.6 Å². The van der Waals surface area contributed by atoms with E-state index in [2.05, 4.69) is 10.2 Å². The summed E-state index contributed by atoms with van der Waals surface area (Å²) in [7, 11) is 4.70. The Morgan fingerprint density at radius 1 is 1.03 bits per heavy atom. The summed E-state index contributed by atoms with van der Waals surface area (Å²) >= 11 is 0. The maximum atomic E-state index is 13.0. The topological polar surface area (TPSA) is 97.6 Å². The predicted octanol–water partition coefficient (Wildman–Crippen LogP) is 0.793. The van der Waals surface area contributed by atoms with Crippen LogP contribution in [0.25, 0.3) is 28.3 Å². The first-order chi connectivity index (χ1) is 14.0. The van der Waals surface area contributed by atoms with Crippen molar-refractivity contribution in [1.29, 1.82) is 0 Å². The molecule has 0 spiro atoms. The molecule has 4 aromatic rings. The number of aryl methyl sites for hydroxylation is 1. The van der Waals surface area contributed by atoms with Gasteiger partial charge in [-0.25, -0.2) is 9.20 Å². The van der Waals surface area contributed by atoms with Crippen LogP contribution < -0.4 is 16.0 Å². The molecular weight excluding hydrogens is 376 g/mol. The molecule has 0 radical (unpaired) electrons. The standard InChI is InChI=1S/C19H22N6O4/c1-5-29-11-10-24-14-16(22(2)19(27)23(3)17(14)26)25-15(20-21-18(24)25)12-6-8-13(28-4)9-7-12/h6-9H,5,10-11H2,1-4H3. The first kappa shape index (κ1) is 18.9. The van der Waals surface area contributed by atoms with Crippen molar-refractivity contribution in [3.8, 4) is 17.1 Å². The van der Waals surface area contributed by atoms with Crippen molar-refractivity contribution in [2.24, 2.45) is 14.1 Å². The summed E-state index contributed by atoms with van der Waals surface area (Å²) in [6, 6.07) is 7.36. The van der Waals surface area contributed by atoms with E-state index in [9.17, 15) is 9.59 Å². The quantitative estimate of drug-likeness (QED) is 0.446. The van der Waals surface area contributed by atoms with Crippen LogP contribution in [0, 0.1) is 0 Å². The molecule has 0 aliphatic heterocycles. The maximum absolute atomic E-state index is 13.0. The Morgan fingerprint density at radius 3 is 2.41 bits per heavy atom. The Morgan fingerprint density at radius 2 is 1.76 bits per heavy atom. The molecule has 0 bridgehead atoms. The fourth-order valence-electron chi connectivity index (χ4n) is 3.49. The molecule has 29 heavy (non-hydrogen) atoms. The third-order valence-electron chi connectivity index (χ3n) is 4.99. The van der Waals surface area contributed by atoms with E-state index in [1.54, 1.807) is 23.1 Å². The Bertz CT molecular complexity index is 1310. The van der Waals surface area contributed by atoms with Crippen molar-refractivity contribution in [1.82, 2.24) is 28.3 Å². The van der Waals surface area contributed by atoms with Crippen LogP contribution in [0.4, 0.5) is 0 Å². The van der Waals surface area contributed by atoms with E-state index in [1.165, 1.54) is 11.6 Å². The Balaban J connectivity index is 2.07. The van der Waals surface area contributed by atoms with E-state index in [-0.39, 0.29) is 5.56 Å². The molecule has 0 saturated heterocycles. The zero-order valence-electron chi connectivity index (χ0n) is 16.7. The fraction of sp³-hybridized carbons (Fsp3) is 0.368. The second kappa shape index (κ2) is 7.21. The number of ether oxygens (including phenoxy) is 2. The van der Waals surface area contributed by atoms with Gasteiger partial charge in [0.2, 0.25) is 5.78 Å². The van der Waals surface area contributed by atoms with Gasteiger partial charge in [-0.15, -0.1) is 10.2 Å². The van der Waals surface area contributed by atoms with Gasteiger partial charge in [0.05, 0.1) is 13.7 Å². The van der Waals surface area contributed by atoms with E-state index < -0.39 is 5.69 Å². The molecular formula is C19H22N6O4. The number of hydrogen-bond donors (Lipinski definition) is 0. The molecule has 0 saturated carbocycles. The largest absolute Gasteiger partial charge is 0.497 e. The van der Waals surface area contributed by atoms with Crippen molar-refractivity contribution < 1.29 is 9.47 Å². The minimum Gasteiger partial charge on any atom is -0.497 e. The van der Waals surface area contributed by atoms with E-state index in [1.807, 2.05) is 31.2 Å². The molecule has 0 fully saturated rings. The van der Waals surface area contributed by atoms with Crippen LogP contribution in [0.5, 0.6) is 5.75 Å². The van der Waals surface area contributed by atoms with Crippen molar-refractivity contribution in [2.45, 2.75) is 13.5 Å². The van der Waals surface area contributed by atoms with Gasteiger partial charge in [0, 0.05) is 32.8 Å². The number of rotatable bonds is 6. The average Bonchev–Trinajstić information content (AvgIpc) is 3.30. The summed E-state index contributed by atoms with van der Waals surface area (Å²) < 4.78 is 16.7. The Hall–Kier alpha value is -3.40. The average molecular weight is 398 g/mol. The highest BCUT2D eigenvalue weighted by Gasteiger charge is 2.23. The van der Waals surface area contributed by atoms with E-state index in [0.717, 1.165) is 15.9 Å². The normalized spacial score (nSPS) is 11.6. The third kappa shape index (κ3) is 2.83. The molecule has 10 nitrogen and oxygen atoms in total. The van der Waals surface area contributed by atoms with Gasteiger partial charge >= 0.3 is 5.69 Å². The summed E-state index contributed by atoms with van der Waals surface area (Å²) in [6.45, 7) is 3.29. The molecule has 0 amide bonds. The summed E-state index contributed by atoms with van der Waals surface area (Å²) in [5.74, 6) is 1.73. The van der Waals surface area contributed by atoms with Crippen LogP contribution in [0.3, 0.4) is 0 Å². The number of hydrogen-bond acceptors (Lipinski definition) is 6. The zero-order chi connectivity index (χ0) is 20.7. The molecule has 1 aromatic carbocycles. The molecule has 4 rings (SSSR count).